The maximum absolute atomic E-state index is 11.9. The number of amides is 1. The summed E-state index contributed by atoms with van der Waals surface area (Å²) in [7, 11) is 0. The number of carbonyl (C=O) groups is 2. The van der Waals surface area contributed by atoms with Crippen LogP contribution < -0.4 is 0 Å². The fourth-order valence-electron chi connectivity index (χ4n) is 1.99. The number of rotatable bonds is 3. The van der Waals surface area contributed by atoms with Gasteiger partial charge in [-0.05, 0) is 22.4 Å². The van der Waals surface area contributed by atoms with E-state index in [1.165, 1.54) is 16.2 Å². The highest BCUT2D eigenvalue weighted by Crippen LogP contribution is 2.20. The summed E-state index contributed by atoms with van der Waals surface area (Å²) >= 11 is 1.50. The molecule has 0 bridgehead atoms. The lowest BCUT2D eigenvalue weighted by Gasteiger charge is -2.20. The molecule has 0 spiro atoms. The quantitative estimate of drug-likeness (QED) is 0.816. The number of aliphatic carboxylic acids is 1. The molecule has 2 N–H and O–H groups in total. The molecule has 17 heavy (non-hydrogen) atoms. The molecule has 1 aromatic rings. The molecule has 2 atom stereocenters. The van der Waals surface area contributed by atoms with Gasteiger partial charge >= 0.3 is 5.97 Å². The SMILES string of the molecule is O=C(O)[C@@H]1CC(O)CN1C(=O)Cc1ccsc1. The third kappa shape index (κ3) is 2.65. The molecular weight excluding hydrogens is 242 g/mol. The molecule has 1 aliphatic heterocycles. The smallest absolute Gasteiger partial charge is 0.326 e. The highest BCUT2D eigenvalue weighted by atomic mass is 32.1. The first-order valence-electron chi connectivity index (χ1n) is 5.29. The van der Waals surface area contributed by atoms with Crippen molar-refractivity contribution in [1.29, 1.82) is 0 Å². The van der Waals surface area contributed by atoms with Gasteiger partial charge in [-0.25, -0.2) is 4.79 Å². The Morgan fingerprint density at radius 1 is 1.53 bits per heavy atom. The lowest BCUT2D eigenvalue weighted by molar-refractivity contribution is -0.148. The van der Waals surface area contributed by atoms with Gasteiger partial charge in [-0.3, -0.25) is 4.79 Å². The molecule has 2 heterocycles. The number of hydrogen-bond acceptors (Lipinski definition) is 4. The predicted octanol–water partition coefficient (Wildman–Crippen LogP) is 0.337. The second-order valence-electron chi connectivity index (χ2n) is 4.10. The van der Waals surface area contributed by atoms with E-state index in [9.17, 15) is 14.7 Å². The van der Waals surface area contributed by atoms with Gasteiger partial charge in [-0.15, -0.1) is 0 Å². The first-order valence-corrected chi connectivity index (χ1v) is 6.23. The fraction of sp³-hybridized carbons (Fsp3) is 0.455. The molecule has 0 radical (unpaired) electrons. The lowest BCUT2D eigenvalue weighted by Crippen LogP contribution is -2.41. The topological polar surface area (TPSA) is 77.8 Å². The average Bonchev–Trinajstić information content (AvgIpc) is 2.86. The summed E-state index contributed by atoms with van der Waals surface area (Å²) in [6, 6.07) is 0.946. The number of aliphatic hydroxyl groups excluding tert-OH is 1. The van der Waals surface area contributed by atoms with Crippen LogP contribution >= 0.6 is 11.3 Å². The zero-order valence-electron chi connectivity index (χ0n) is 9.07. The summed E-state index contributed by atoms with van der Waals surface area (Å²) in [6.45, 7) is 0.111. The summed E-state index contributed by atoms with van der Waals surface area (Å²) in [5, 5.41) is 22.1. The Hall–Kier alpha value is -1.40. The van der Waals surface area contributed by atoms with Crippen LogP contribution in [0.2, 0.25) is 0 Å². The summed E-state index contributed by atoms with van der Waals surface area (Å²) < 4.78 is 0. The summed E-state index contributed by atoms with van der Waals surface area (Å²) in [4.78, 5) is 24.1. The highest BCUT2D eigenvalue weighted by Gasteiger charge is 2.38. The molecule has 1 fully saturated rings. The molecule has 6 heteroatoms. The van der Waals surface area contributed by atoms with E-state index in [0.717, 1.165) is 5.56 Å². The first-order chi connectivity index (χ1) is 8.08. The molecule has 0 saturated carbocycles. The van der Waals surface area contributed by atoms with Crippen molar-refractivity contribution in [3.8, 4) is 0 Å². The Labute approximate surface area is 102 Å². The molecule has 0 aromatic carbocycles. The zero-order chi connectivity index (χ0) is 12.4. The van der Waals surface area contributed by atoms with Crippen LogP contribution in [0.3, 0.4) is 0 Å². The van der Waals surface area contributed by atoms with E-state index in [4.69, 9.17) is 5.11 Å². The van der Waals surface area contributed by atoms with Crippen LogP contribution in [0.5, 0.6) is 0 Å². The Balaban J connectivity index is 2.05. The molecule has 1 saturated heterocycles. The zero-order valence-corrected chi connectivity index (χ0v) is 9.89. The van der Waals surface area contributed by atoms with E-state index < -0.39 is 18.1 Å². The average molecular weight is 255 g/mol. The van der Waals surface area contributed by atoms with Gasteiger partial charge in [0.15, 0.2) is 0 Å². The van der Waals surface area contributed by atoms with Crippen LogP contribution in [0.15, 0.2) is 16.8 Å². The number of thiophene rings is 1. The number of β-amino-alcohol motifs (C(OH)–C–C–N with tert-alkyl or cyclic N) is 1. The van der Waals surface area contributed by atoms with Gasteiger partial charge in [0.2, 0.25) is 5.91 Å². The number of nitrogens with zero attached hydrogens (tertiary/aromatic N) is 1. The van der Waals surface area contributed by atoms with Crippen molar-refractivity contribution in [2.24, 2.45) is 0 Å². The second-order valence-corrected chi connectivity index (χ2v) is 4.88. The van der Waals surface area contributed by atoms with Crippen molar-refractivity contribution in [2.45, 2.75) is 25.0 Å². The Morgan fingerprint density at radius 2 is 2.29 bits per heavy atom. The molecule has 92 valence electrons. The van der Waals surface area contributed by atoms with Gasteiger partial charge in [-0.2, -0.15) is 11.3 Å². The van der Waals surface area contributed by atoms with Crippen molar-refractivity contribution in [3.63, 3.8) is 0 Å². The van der Waals surface area contributed by atoms with Crippen LogP contribution in [-0.2, 0) is 16.0 Å². The maximum atomic E-state index is 11.9. The monoisotopic (exact) mass is 255 g/mol. The fourth-order valence-corrected chi connectivity index (χ4v) is 2.66. The standard InChI is InChI=1S/C11H13NO4S/c13-8-4-9(11(15)16)12(5-8)10(14)3-7-1-2-17-6-7/h1-2,6,8-9,13H,3-5H2,(H,15,16)/t8?,9-/m0/s1. The largest absolute Gasteiger partial charge is 0.480 e. The first kappa shape index (κ1) is 12.1. The summed E-state index contributed by atoms with van der Waals surface area (Å²) in [5.41, 5.74) is 0.880. The van der Waals surface area contributed by atoms with Crippen molar-refractivity contribution >= 4 is 23.2 Å². The Bertz CT molecular complexity index is 417. The third-order valence-electron chi connectivity index (χ3n) is 2.82. The van der Waals surface area contributed by atoms with E-state index >= 15 is 0 Å². The minimum atomic E-state index is -1.06. The number of aliphatic hydroxyl groups is 1. The molecule has 1 amide bonds. The van der Waals surface area contributed by atoms with E-state index in [-0.39, 0.29) is 25.3 Å². The van der Waals surface area contributed by atoms with Crippen molar-refractivity contribution in [3.05, 3.63) is 22.4 Å². The molecule has 1 aromatic heterocycles. The number of carboxylic acid groups (broad SMARTS) is 1. The molecule has 2 rings (SSSR count). The van der Waals surface area contributed by atoms with Gasteiger partial charge < -0.3 is 15.1 Å². The van der Waals surface area contributed by atoms with Crippen molar-refractivity contribution in [2.75, 3.05) is 6.54 Å². The third-order valence-corrected chi connectivity index (χ3v) is 3.55. The van der Waals surface area contributed by atoms with E-state index in [2.05, 4.69) is 0 Å². The van der Waals surface area contributed by atoms with Crippen LogP contribution in [0.25, 0.3) is 0 Å². The molecule has 5 nitrogen and oxygen atoms in total. The van der Waals surface area contributed by atoms with Gasteiger partial charge in [0, 0.05) is 13.0 Å². The molecule has 1 aliphatic rings. The Morgan fingerprint density at radius 3 is 2.88 bits per heavy atom. The van der Waals surface area contributed by atoms with Crippen molar-refractivity contribution in [1.82, 2.24) is 4.90 Å². The predicted molar refractivity (Wildman–Crippen MR) is 61.8 cm³/mol. The summed E-state index contributed by atoms with van der Waals surface area (Å²) in [6.07, 6.45) is -0.424. The van der Waals surface area contributed by atoms with E-state index in [1.54, 1.807) is 0 Å². The van der Waals surface area contributed by atoms with Crippen LogP contribution in [0.4, 0.5) is 0 Å². The second kappa shape index (κ2) is 4.85. The maximum Gasteiger partial charge on any atom is 0.326 e. The highest BCUT2D eigenvalue weighted by molar-refractivity contribution is 7.07. The van der Waals surface area contributed by atoms with Gasteiger partial charge in [0.1, 0.15) is 6.04 Å². The number of carbonyl (C=O) groups excluding carboxylic acids is 1. The van der Waals surface area contributed by atoms with E-state index in [1.807, 2.05) is 16.8 Å². The summed E-state index contributed by atoms with van der Waals surface area (Å²) in [5.74, 6) is -1.30. The minimum absolute atomic E-state index is 0.111. The van der Waals surface area contributed by atoms with Crippen LogP contribution in [-0.4, -0.2) is 45.7 Å². The number of hydrogen-bond donors (Lipinski definition) is 2. The normalized spacial score (nSPS) is 23.9. The number of likely N-dealkylation sites (tertiary alicyclic amines) is 1. The molecule has 1 unspecified atom stereocenters. The van der Waals surface area contributed by atoms with Crippen molar-refractivity contribution < 1.29 is 19.8 Å². The van der Waals surface area contributed by atoms with Gasteiger partial charge in [0.25, 0.3) is 0 Å². The minimum Gasteiger partial charge on any atom is -0.480 e. The van der Waals surface area contributed by atoms with E-state index in [0.29, 0.717) is 0 Å². The van der Waals surface area contributed by atoms with Crippen LogP contribution in [0, 0.1) is 0 Å². The Kier molecular flexibility index (Phi) is 3.44. The van der Waals surface area contributed by atoms with Gasteiger partial charge in [0.05, 0.1) is 12.5 Å². The molecular formula is C11H13NO4S. The molecule has 0 aliphatic carbocycles. The lowest BCUT2D eigenvalue weighted by atomic mass is 10.2. The van der Waals surface area contributed by atoms with Gasteiger partial charge in [-0.1, -0.05) is 0 Å². The number of carboxylic acids is 1. The van der Waals surface area contributed by atoms with Crippen LogP contribution in [0.1, 0.15) is 12.0 Å².